The van der Waals surface area contributed by atoms with Gasteiger partial charge in [0.1, 0.15) is 5.82 Å². The standard InChI is InChI=1S/C20H23N5OS/c1-15-8-12-27-17(15)14-24-9-7-18-22-23-19(25(18)11-10-24)13-21-20(26)16-5-3-2-4-6-16/h2-6,8,12H,7,9-11,13-14H2,1H3,(H,21,26). The second-order valence-corrected chi connectivity index (χ2v) is 7.79. The first kappa shape index (κ1) is 17.9. The number of rotatable bonds is 5. The molecule has 7 heteroatoms. The van der Waals surface area contributed by atoms with Gasteiger partial charge in [-0.3, -0.25) is 9.69 Å². The third-order valence-corrected chi connectivity index (χ3v) is 5.98. The molecule has 0 radical (unpaired) electrons. The van der Waals surface area contributed by atoms with Crippen LogP contribution in [-0.4, -0.2) is 38.7 Å². The van der Waals surface area contributed by atoms with Crippen molar-refractivity contribution in [3.8, 4) is 0 Å². The molecule has 0 aliphatic carbocycles. The molecule has 0 bridgehead atoms. The first-order valence-corrected chi connectivity index (χ1v) is 10.1. The predicted octanol–water partition coefficient (Wildman–Crippen LogP) is 2.64. The van der Waals surface area contributed by atoms with Crippen LogP contribution in [0.3, 0.4) is 0 Å². The Morgan fingerprint density at radius 3 is 2.78 bits per heavy atom. The van der Waals surface area contributed by atoms with Crippen LogP contribution in [0.15, 0.2) is 41.8 Å². The van der Waals surface area contributed by atoms with Crippen molar-refractivity contribution >= 4 is 17.2 Å². The second-order valence-electron chi connectivity index (χ2n) is 6.79. The minimum atomic E-state index is -0.0867. The fourth-order valence-electron chi connectivity index (χ4n) is 3.34. The Kier molecular flexibility index (Phi) is 5.31. The largest absolute Gasteiger partial charge is 0.345 e. The van der Waals surface area contributed by atoms with Crippen molar-refractivity contribution in [2.75, 3.05) is 13.1 Å². The van der Waals surface area contributed by atoms with Crippen LogP contribution >= 0.6 is 11.3 Å². The number of hydrogen-bond acceptors (Lipinski definition) is 5. The average molecular weight is 382 g/mol. The smallest absolute Gasteiger partial charge is 0.251 e. The maximum Gasteiger partial charge on any atom is 0.251 e. The molecule has 1 N–H and O–H groups in total. The van der Waals surface area contributed by atoms with Gasteiger partial charge in [-0.25, -0.2) is 0 Å². The summed E-state index contributed by atoms with van der Waals surface area (Å²) in [5.74, 6) is 1.74. The Bertz CT molecular complexity index is 918. The number of aryl methyl sites for hydroxylation is 1. The lowest BCUT2D eigenvalue weighted by Crippen LogP contribution is -2.28. The Morgan fingerprint density at radius 1 is 1.15 bits per heavy atom. The van der Waals surface area contributed by atoms with Crippen LogP contribution in [0.5, 0.6) is 0 Å². The van der Waals surface area contributed by atoms with Gasteiger partial charge in [-0.05, 0) is 36.1 Å². The fourth-order valence-corrected chi connectivity index (χ4v) is 4.28. The molecule has 1 aromatic carbocycles. The number of carbonyl (C=O) groups excluding carboxylic acids is 1. The van der Waals surface area contributed by atoms with E-state index in [2.05, 4.69) is 43.4 Å². The Hall–Kier alpha value is -2.51. The average Bonchev–Trinajstić information content (AvgIpc) is 3.22. The molecule has 2 aromatic heterocycles. The van der Waals surface area contributed by atoms with E-state index in [9.17, 15) is 4.79 Å². The monoisotopic (exact) mass is 381 g/mol. The van der Waals surface area contributed by atoms with Gasteiger partial charge >= 0.3 is 0 Å². The van der Waals surface area contributed by atoms with E-state index < -0.39 is 0 Å². The molecule has 4 rings (SSSR count). The zero-order valence-electron chi connectivity index (χ0n) is 15.4. The zero-order chi connectivity index (χ0) is 18.6. The van der Waals surface area contributed by atoms with Crippen LogP contribution in [0.2, 0.25) is 0 Å². The summed E-state index contributed by atoms with van der Waals surface area (Å²) in [5.41, 5.74) is 2.03. The van der Waals surface area contributed by atoms with E-state index in [0.29, 0.717) is 12.1 Å². The van der Waals surface area contributed by atoms with Gasteiger partial charge in [0.15, 0.2) is 5.82 Å². The summed E-state index contributed by atoms with van der Waals surface area (Å²) in [4.78, 5) is 16.2. The van der Waals surface area contributed by atoms with Gasteiger partial charge in [0, 0.05) is 43.0 Å². The normalized spacial score (nSPS) is 14.6. The van der Waals surface area contributed by atoms with Gasteiger partial charge in [-0.15, -0.1) is 21.5 Å². The van der Waals surface area contributed by atoms with Crippen LogP contribution in [-0.2, 0) is 26.1 Å². The third-order valence-electron chi connectivity index (χ3n) is 4.97. The van der Waals surface area contributed by atoms with E-state index in [1.54, 1.807) is 0 Å². The van der Waals surface area contributed by atoms with Crippen molar-refractivity contribution < 1.29 is 4.79 Å². The van der Waals surface area contributed by atoms with E-state index in [0.717, 1.165) is 44.2 Å². The van der Waals surface area contributed by atoms with E-state index in [4.69, 9.17) is 0 Å². The van der Waals surface area contributed by atoms with E-state index in [1.165, 1.54) is 10.4 Å². The van der Waals surface area contributed by atoms with Crippen LogP contribution < -0.4 is 5.32 Å². The Balaban J connectivity index is 1.38. The van der Waals surface area contributed by atoms with Gasteiger partial charge in [-0.1, -0.05) is 18.2 Å². The van der Waals surface area contributed by atoms with Gasteiger partial charge in [0.05, 0.1) is 6.54 Å². The van der Waals surface area contributed by atoms with Crippen LogP contribution in [0.1, 0.15) is 32.4 Å². The zero-order valence-corrected chi connectivity index (χ0v) is 16.2. The van der Waals surface area contributed by atoms with E-state index in [1.807, 2.05) is 41.7 Å². The summed E-state index contributed by atoms with van der Waals surface area (Å²) in [6, 6.07) is 11.4. The quantitative estimate of drug-likeness (QED) is 0.738. The highest BCUT2D eigenvalue weighted by Gasteiger charge is 2.19. The lowest BCUT2D eigenvalue weighted by Gasteiger charge is -2.19. The molecule has 1 amide bonds. The molecule has 0 saturated heterocycles. The lowest BCUT2D eigenvalue weighted by atomic mass is 10.2. The van der Waals surface area contributed by atoms with Gasteiger partial charge < -0.3 is 9.88 Å². The summed E-state index contributed by atoms with van der Waals surface area (Å²) < 4.78 is 2.16. The molecule has 0 fully saturated rings. The molecule has 0 atom stereocenters. The summed E-state index contributed by atoms with van der Waals surface area (Å²) in [5, 5.41) is 13.8. The predicted molar refractivity (Wildman–Crippen MR) is 106 cm³/mol. The van der Waals surface area contributed by atoms with Gasteiger partial charge in [0.25, 0.3) is 5.91 Å². The number of nitrogens with zero attached hydrogens (tertiary/aromatic N) is 4. The molecule has 1 aliphatic rings. The van der Waals surface area contributed by atoms with Crippen molar-refractivity contribution in [3.63, 3.8) is 0 Å². The number of amides is 1. The molecule has 0 unspecified atom stereocenters. The number of aromatic nitrogens is 3. The first-order valence-electron chi connectivity index (χ1n) is 9.20. The summed E-state index contributed by atoms with van der Waals surface area (Å²) >= 11 is 1.82. The topological polar surface area (TPSA) is 63.1 Å². The number of fused-ring (bicyclic) bond motifs is 1. The summed E-state index contributed by atoms with van der Waals surface area (Å²) in [6.07, 6.45) is 0.879. The second kappa shape index (κ2) is 8.02. The summed E-state index contributed by atoms with van der Waals surface area (Å²) in [7, 11) is 0. The minimum absolute atomic E-state index is 0.0867. The van der Waals surface area contributed by atoms with Crippen molar-refractivity contribution in [3.05, 3.63) is 69.4 Å². The maximum atomic E-state index is 12.3. The number of carbonyl (C=O) groups is 1. The molecule has 140 valence electrons. The van der Waals surface area contributed by atoms with Crippen LogP contribution in [0.4, 0.5) is 0 Å². The van der Waals surface area contributed by atoms with Gasteiger partial charge in [-0.2, -0.15) is 0 Å². The molecular formula is C20H23N5OS. The summed E-state index contributed by atoms with van der Waals surface area (Å²) in [6.45, 7) is 6.34. The van der Waals surface area contributed by atoms with E-state index in [-0.39, 0.29) is 5.91 Å². The highest BCUT2D eigenvalue weighted by atomic mass is 32.1. The molecular weight excluding hydrogens is 358 g/mol. The number of thiophene rings is 1. The van der Waals surface area contributed by atoms with Crippen molar-refractivity contribution in [1.29, 1.82) is 0 Å². The molecule has 1 aliphatic heterocycles. The molecule has 27 heavy (non-hydrogen) atoms. The molecule has 6 nitrogen and oxygen atoms in total. The Labute approximate surface area is 162 Å². The number of hydrogen-bond donors (Lipinski definition) is 1. The number of nitrogens with one attached hydrogen (secondary N) is 1. The molecule has 0 saturated carbocycles. The lowest BCUT2D eigenvalue weighted by molar-refractivity contribution is 0.0949. The first-order chi connectivity index (χ1) is 13.2. The van der Waals surface area contributed by atoms with Crippen molar-refractivity contribution in [2.45, 2.75) is 33.0 Å². The number of benzene rings is 1. The maximum absolute atomic E-state index is 12.3. The highest BCUT2D eigenvalue weighted by molar-refractivity contribution is 7.10. The van der Waals surface area contributed by atoms with E-state index >= 15 is 0 Å². The van der Waals surface area contributed by atoms with Crippen LogP contribution in [0.25, 0.3) is 0 Å². The molecule has 0 spiro atoms. The highest BCUT2D eigenvalue weighted by Crippen LogP contribution is 2.19. The third kappa shape index (κ3) is 4.09. The van der Waals surface area contributed by atoms with Crippen molar-refractivity contribution in [2.24, 2.45) is 0 Å². The fraction of sp³-hybridized carbons (Fsp3) is 0.350. The van der Waals surface area contributed by atoms with Crippen molar-refractivity contribution in [1.82, 2.24) is 25.0 Å². The molecule has 3 heterocycles. The SMILES string of the molecule is Cc1ccsc1CN1CCc2nnc(CNC(=O)c3ccccc3)n2CC1. The minimum Gasteiger partial charge on any atom is -0.345 e. The van der Waals surface area contributed by atoms with Gasteiger partial charge in [0.2, 0.25) is 0 Å². The van der Waals surface area contributed by atoms with Crippen LogP contribution in [0, 0.1) is 6.92 Å². The Morgan fingerprint density at radius 2 is 2.00 bits per heavy atom. The molecule has 3 aromatic rings.